The van der Waals surface area contributed by atoms with Gasteiger partial charge >= 0.3 is 5.69 Å². The van der Waals surface area contributed by atoms with Gasteiger partial charge in [0.2, 0.25) is 5.82 Å². The van der Waals surface area contributed by atoms with Crippen molar-refractivity contribution in [2.24, 2.45) is 0 Å². The Labute approximate surface area is 125 Å². The molecule has 0 atom stereocenters. The first-order valence-corrected chi connectivity index (χ1v) is 6.85. The van der Waals surface area contributed by atoms with Crippen molar-refractivity contribution < 1.29 is 18.5 Å². The minimum atomic E-state index is -1.37. The van der Waals surface area contributed by atoms with Crippen LogP contribution in [0.1, 0.15) is 37.0 Å². The second-order valence-electron chi connectivity index (χ2n) is 4.62. The molecule has 21 heavy (non-hydrogen) atoms. The number of carbonyl (C=O) groups excluding carboxylic acids is 1. The molecular weight excluding hydrogens is 306 g/mol. The van der Waals surface area contributed by atoms with Crippen LogP contribution in [0.4, 0.5) is 14.5 Å². The number of rotatable bonds is 6. The highest BCUT2D eigenvalue weighted by Crippen LogP contribution is 2.24. The molecule has 0 heterocycles. The molecule has 0 aromatic heterocycles. The van der Waals surface area contributed by atoms with Crippen molar-refractivity contribution in [3.05, 3.63) is 39.4 Å². The molecule has 0 aliphatic carbocycles. The summed E-state index contributed by atoms with van der Waals surface area (Å²) < 4.78 is 27.3. The van der Waals surface area contributed by atoms with Crippen molar-refractivity contribution in [3.63, 3.8) is 0 Å². The molecule has 0 unspecified atom stereocenters. The molecular formula is C13H15ClF2N2O3. The number of hydrogen-bond donors (Lipinski definition) is 1. The van der Waals surface area contributed by atoms with Crippen LogP contribution in [0.3, 0.4) is 0 Å². The van der Waals surface area contributed by atoms with E-state index in [0.29, 0.717) is 25.0 Å². The van der Waals surface area contributed by atoms with Gasteiger partial charge in [-0.3, -0.25) is 14.9 Å². The molecule has 8 heteroatoms. The van der Waals surface area contributed by atoms with Crippen LogP contribution in [-0.4, -0.2) is 22.2 Å². The van der Waals surface area contributed by atoms with Gasteiger partial charge in [0.1, 0.15) is 5.82 Å². The first-order valence-electron chi connectivity index (χ1n) is 6.32. The maximum atomic E-state index is 13.9. The number of amides is 1. The van der Waals surface area contributed by atoms with Crippen molar-refractivity contribution in [2.75, 3.05) is 5.88 Å². The van der Waals surface area contributed by atoms with Crippen LogP contribution in [0, 0.1) is 21.7 Å². The number of carbonyl (C=O) groups is 1. The number of nitrogens with one attached hydrogen (secondary N) is 1. The highest BCUT2D eigenvalue weighted by molar-refractivity contribution is 6.19. The average molecular weight is 321 g/mol. The second kappa shape index (κ2) is 6.80. The second-order valence-corrected chi connectivity index (χ2v) is 4.89. The summed E-state index contributed by atoms with van der Waals surface area (Å²) in [4.78, 5) is 21.7. The van der Waals surface area contributed by atoms with Crippen molar-refractivity contribution in [3.8, 4) is 0 Å². The number of nitrogens with zero attached hydrogens (tertiary/aromatic N) is 1. The summed E-state index contributed by atoms with van der Waals surface area (Å²) >= 11 is 5.82. The molecule has 0 aliphatic rings. The zero-order valence-electron chi connectivity index (χ0n) is 11.6. The Morgan fingerprint density at radius 3 is 2.38 bits per heavy atom. The fourth-order valence-corrected chi connectivity index (χ4v) is 2.28. The smallest absolute Gasteiger partial charge is 0.308 e. The van der Waals surface area contributed by atoms with E-state index in [-0.39, 0.29) is 5.88 Å². The molecule has 5 nitrogen and oxygen atoms in total. The molecule has 0 spiro atoms. The van der Waals surface area contributed by atoms with E-state index in [4.69, 9.17) is 11.6 Å². The molecule has 0 aliphatic heterocycles. The topological polar surface area (TPSA) is 72.2 Å². The van der Waals surface area contributed by atoms with E-state index in [1.807, 2.05) is 0 Å². The summed E-state index contributed by atoms with van der Waals surface area (Å²) in [5, 5.41) is 13.2. The zero-order chi connectivity index (χ0) is 16.2. The number of alkyl halides is 1. The number of halogens is 3. The van der Waals surface area contributed by atoms with Crippen LogP contribution in [0.5, 0.6) is 0 Å². The van der Waals surface area contributed by atoms with Crippen LogP contribution in [0.25, 0.3) is 0 Å². The third kappa shape index (κ3) is 3.66. The third-order valence-electron chi connectivity index (χ3n) is 3.45. The number of hydrogen-bond acceptors (Lipinski definition) is 3. The van der Waals surface area contributed by atoms with E-state index in [9.17, 15) is 23.7 Å². The zero-order valence-corrected chi connectivity index (χ0v) is 12.3. The summed E-state index contributed by atoms with van der Waals surface area (Å²) in [6.07, 6.45) is 0.968. The van der Waals surface area contributed by atoms with Crippen molar-refractivity contribution in [1.82, 2.24) is 5.32 Å². The van der Waals surface area contributed by atoms with Crippen LogP contribution < -0.4 is 5.32 Å². The quantitative estimate of drug-likeness (QED) is 0.496. The van der Waals surface area contributed by atoms with Gasteiger partial charge in [0.05, 0.1) is 22.1 Å². The maximum Gasteiger partial charge on any atom is 0.308 e. The summed E-state index contributed by atoms with van der Waals surface area (Å²) in [5.41, 5.74) is -2.56. The molecule has 1 rings (SSSR count). The predicted octanol–water partition coefficient (Wildman–Crippen LogP) is 3.40. The molecule has 0 saturated carbocycles. The minimum absolute atomic E-state index is 0.0881. The Morgan fingerprint density at radius 2 is 1.95 bits per heavy atom. The monoisotopic (exact) mass is 320 g/mol. The van der Waals surface area contributed by atoms with Crippen LogP contribution >= 0.6 is 11.6 Å². The van der Waals surface area contributed by atoms with Crippen molar-refractivity contribution in [2.45, 2.75) is 32.2 Å². The molecule has 1 amide bonds. The lowest BCUT2D eigenvalue weighted by Gasteiger charge is -2.30. The number of nitro groups is 1. The lowest BCUT2D eigenvalue weighted by Crippen LogP contribution is -2.49. The van der Waals surface area contributed by atoms with Crippen molar-refractivity contribution in [1.29, 1.82) is 0 Å². The summed E-state index contributed by atoms with van der Waals surface area (Å²) in [7, 11) is 0. The molecule has 0 fully saturated rings. The molecule has 1 aromatic rings. The fourth-order valence-electron chi connectivity index (χ4n) is 1.83. The fraction of sp³-hybridized carbons (Fsp3) is 0.462. The van der Waals surface area contributed by atoms with E-state index in [2.05, 4.69) is 5.32 Å². The van der Waals surface area contributed by atoms with Gasteiger partial charge in [-0.1, -0.05) is 13.8 Å². The SMILES string of the molecule is CCC(CC)(CCl)NC(=O)c1cc(F)cc([N+](=O)[O-])c1F. The Morgan fingerprint density at radius 1 is 1.38 bits per heavy atom. The van der Waals surface area contributed by atoms with Crippen LogP contribution in [-0.2, 0) is 0 Å². The van der Waals surface area contributed by atoms with Crippen LogP contribution in [0.2, 0.25) is 0 Å². The maximum absolute atomic E-state index is 13.9. The Kier molecular flexibility index (Phi) is 5.60. The van der Waals surface area contributed by atoms with Gasteiger partial charge in [-0.25, -0.2) is 4.39 Å². The molecule has 0 bridgehead atoms. The first-order chi connectivity index (χ1) is 9.80. The van der Waals surface area contributed by atoms with Gasteiger partial charge in [0, 0.05) is 5.88 Å². The molecule has 0 saturated heterocycles. The largest absolute Gasteiger partial charge is 0.345 e. The minimum Gasteiger partial charge on any atom is -0.345 e. The Hall–Kier alpha value is -1.76. The van der Waals surface area contributed by atoms with Gasteiger partial charge in [-0.2, -0.15) is 4.39 Å². The standard InChI is InChI=1S/C13H15ClF2N2O3/c1-3-13(4-2,7-14)17-12(19)9-5-8(15)6-10(11(9)16)18(20)21/h5-6H,3-4,7H2,1-2H3,(H,17,19). The summed E-state index contributed by atoms with van der Waals surface area (Å²) in [5.74, 6) is -3.27. The molecule has 1 aromatic carbocycles. The van der Waals surface area contributed by atoms with E-state index in [1.165, 1.54) is 0 Å². The van der Waals surface area contributed by atoms with E-state index < -0.39 is 39.3 Å². The summed E-state index contributed by atoms with van der Waals surface area (Å²) in [6.45, 7) is 3.58. The molecule has 0 radical (unpaired) electrons. The van der Waals surface area contributed by atoms with Crippen LogP contribution in [0.15, 0.2) is 12.1 Å². The summed E-state index contributed by atoms with van der Waals surface area (Å²) in [6, 6.07) is 1.06. The highest BCUT2D eigenvalue weighted by Gasteiger charge is 2.31. The van der Waals surface area contributed by atoms with Gasteiger partial charge in [0.25, 0.3) is 5.91 Å². The van der Waals surface area contributed by atoms with Gasteiger partial charge in [-0.05, 0) is 18.9 Å². The lowest BCUT2D eigenvalue weighted by atomic mass is 9.94. The molecule has 116 valence electrons. The average Bonchev–Trinajstić information content (AvgIpc) is 2.46. The van der Waals surface area contributed by atoms with E-state index in [0.717, 1.165) is 0 Å². The van der Waals surface area contributed by atoms with E-state index in [1.54, 1.807) is 13.8 Å². The van der Waals surface area contributed by atoms with Crippen molar-refractivity contribution >= 4 is 23.2 Å². The van der Waals surface area contributed by atoms with Gasteiger partial charge in [-0.15, -0.1) is 11.6 Å². The third-order valence-corrected chi connectivity index (χ3v) is 3.96. The normalized spacial score (nSPS) is 11.3. The first kappa shape index (κ1) is 17.3. The number of benzene rings is 1. The predicted molar refractivity (Wildman–Crippen MR) is 74.5 cm³/mol. The number of nitro benzene ring substituents is 1. The lowest BCUT2D eigenvalue weighted by molar-refractivity contribution is -0.387. The van der Waals surface area contributed by atoms with E-state index >= 15 is 0 Å². The Bertz CT molecular complexity index is 554. The van der Waals surface area contributed by atoms with Gasteiger partial charge in [0.15, 0.2) is 0 Å². The molecule has 1 N–H and O–H groups in total. The van der Waals surface area contributed by atoms with Gasteiger partial charge < -0.3 is 5.32 Å². The highest BCUT2D eigenvalue weighted by atomic mass is 35.5. The Balaban J connectivity index is 3.22.